The molecule has 1 aliphatic carbocycles. The van der Waals surface area contributed by atoms with Crippen molar-refractivity contribution in [2.75, 3.05) is 6.61 Å². The van der Waals surface area contributed by atoms with Crippen LogP contribution < -0.4 is 10.6 Å². The lowest BCUT2D eigenvalue weighted by Crippen LogP contribution is -2.69. The van der Waals surface area contributed by atoms with Crippen LogP contribution in [0.25, 0.3) is 0 Å². The highest BCUT2D eigenvalue weighted by atomic mass is 16.5. The summed E-state index contributed by atoms with van der Waals surface area (Å²) in [5, 5.41) is 5.84. The topological polar surface area (TPSA) is 67.4 Å². The normalized spacial score (nSPS) is 42.1. The highest BCUT2D eigenvalue weighted by Gasteiger charge is 2.59. The minimum absolute atomic E-state index is 0.0723. The van der Waals surface area contributed by atoms with E-state index in [0.29, 0.717) is 30.9 Å². The van der Waals surface area contributed by atoms with Crippen LogP contribution in [0.1, 0.15) is 33.1 Å². The SMILES string of the molecule is CC1(C)C(NC2CCC(=O)NC2=O)C2CCOC21. The van der Waals surface area contributed by atoms with Gasteiger partial charge in [0.05, 0.1) is 12.1 Å². The largest absolute Gasteiger partial charge is 0.377 e. The predicted molar refractivity (Wildman–Crippen MR) is 64.7 cm³/mol. The Balaban J connectivity index is 1.66. The van der Waals surface area contributed by atoms with Crippen LogP contribution in [-0.2, 0) is 14.3 Å². The van der Waals surface area contributed by atoms with Crippen molar-refractivity contribution in [3.8, 4) is 0 Å². The molecule has 2 N–H and O–H groups in total. The molecule has 0 aromatic heterocycles. The highest BCUT2D eigenvalue weighted by molar-refractivity contribution is 6.00. The van der Waals surface area contributed by atoms with Crippen molar-refractivity contribution in [1.82, 2.24) is 10.6 Å². The van der Waals surface area contributed by atoms with Crippen LogP contribution in [0.2, 0.25) is 0 Å². The number of amides is 2. The number of hydrogen-bond acceptors (Lipinski definition) is 4. The standard InChI is InChI=1S/C13H20N2O3/c1-13(2)10(7-5-6-18-11(7)13)14-8-3-4-9(16)15-12(8)17/h7-8,10-11,14H,3-6H2,1-2H3,(H,15,16,17). The number of hydrogen-bond donors (Lipinski definition) is 2. The van der Waals surface area contributed by atoms with Gasteiger partial charge in [0.15, 0.2) is 0 Å². The fraction of sp³-hybridized carbons (Fsp3) is 0.846. The van der Waals surface area contributed by atoms with Crippen LogP contribution in [-0.4, -0.2) is 36.6 Å². The van der Waals surface area contributed by atoms with E-state index in [2.05, 4.69) is 24.5 Å². The van der Waals surface area contributed by atoms with E-state index in [1.54, 1.807) is 0 Å². The van der Waals surface area contributed by atoms with Crippen molar-refractivity contribution in [1.29, 1.82) is 0 Å². The maximum atomic E-state index is 11.8. The summed E-state index contributed by atoms with van der Waals surface area (Å²) in [5.74, 6) is 0.183. The van der Waals surface area contributed by atoms with E-state index < -0.39 is 0 Å². The minimum Gasteiger partial charge on any atom is -0.377 e. The van der Waals surface area contributed by atoms with E-state index in [-0.39, 0.29) is 23.3 Å². The molecular formula is C13H20N2O3. The van der Waals surface area contributed by atoms with Gasteiger partial charge < -0.3 is 10.1 Å². The number of piperidine rings is 1. The molecule has 3 fully saturated rings. The van der Waals surface area contributed by atoms with Crippen molar-refractivity contribution in [2.45, 2.75) is 51.3 Å². The highest BCUT2D eigenvalue weighted by Crippen LogP contribution is 2.52. The summed E-state index contributed by atoms with van der Waals surface area (Å²) < 4.78 is 5.74. The van der Waals surface area contributed by atoms with Gasteiger partial charge in [-0.05, 0) is 12.8 Å². The number of ether oxygens (including phenoxy) is 1. The Kier molecular flexibility index (Phi) is 2.71. The van der Waals surface area contributed by atoms with Gasteiger partial charge in [0.25, 0.3) is 0 Å². The molecular weight excluding hydrogens is 232 g/mol. The van der Waals surface area contributed by atoms with Gasteiger partial charge in [0.2, 0.25) is 11.8 Å². The van der Waals surface area contributed by atoms with E-state index in [1.807, 2.05) is 0 Å². The molecule has 4 atom stereocenters. The molecule has 0 bridgehead atoms. The molecule has 2 heterocycles. The average Bonchev–Trinajstić information content (AvgIpc) is 2.74. The molecule has 5 nitrogen and oxygen atoms in total. The van der Waals surface area contributed by atoms with E-state index in [9.17, 15) is 9.59 Å². The van der Waals surface area contributed by atoms with Gasteiger partial charge in [-0.25, -0.2) is 0 Å². The summed E-state index contributed by atoms with van der Waals surface area (Å²) in [5.41, 5.74) is 0.0723. The number of carbonyl (C=O) groups excluding carboxylic acids is 2. The van der Waals surface area contributed by atoms with Crippen molar-refractivity contribution in [3.05, 3.63) is 0 Å². The van der Waals surface area contributed by atoms with Crippen molar-refractivity contribution >= 4 is 11.8 Å². The molecule has 18 heavy (non-hydrogen) atoms. The van der Waals surface area contributed by atoms with Crippen LogP contribution in [0, 0.1) is 11.3 Å². The van der Waals surface area contributed by atoms with Gasteiger partial charge >= 0.3 is 0 Å². The summed E-state index contributed by atoms with van der Waals surface area (Å²) in [6.45, 7) is 5.19. The summed E-state index contributed by atoms with van der Waals surface area (Å²) >= 11 is 0. The van der Waals surface area contributed by atoms with Crippen LogP contribution in [0.15, 0.2) is 0 Å². The first-order valence-corrected chi connectivity index (χ1v) is 6.71. The molecule has 0 spiro atoms. The molecule has 0 radical (unpaired) electrons. The Morgan fingerprint density at radius 1 is 1.33 bits per heavy atom. The first-order valence-electron chi connectivity index (χ1n) is 6.71. The quantitative estimate of drug-likeness (QED) is 0.689. The second-order valence-corrected chi connectivity index (χ2v) is 6.21. The van der Waals surface area contributed by atoms with Gasteiger partial charge in [-0.2, -0.15) is 0 Å². The van der Waals surface area contributed by atoms with Gasteiger partial charge in [-0.1, -0.05) is 13.8 Å². The number of fused-ring (bicyclic) bond motifs is 1. The molecule has 5 heteroatoms. The van der Waals surface area contributed by atoms with Crippen LogP contribution >= 0.6 is 0 Å². The molecule has 2 saturated heterocycles. The molecule has 0 aromatic carbocycles. The minimum atomic E-state index is -0.228. The molecule has 2 aliphatic heterocycles. The molecule has 3 aliphatic rings. The van der Waals surface area contributed by atoms with E-state index in [1.165, 1.54) is 0 Å². The molecule has 3 rings (SSSR count). The zero-order valence-corrected chi connectivity index (χ0v) is 10.9. The van der Waals surface area contributed by atoms with Crippen LogP contribution in [0.4, 0.5) is 0 Å². The molecule has 1 saturated carbocycles. The Labute approximate surface area is 107 Å². The van der Waals surface area contributed by atoms with Crippen LogP contribution in [0.5, 0.6) is 0 Å². The van der Waals surface area contributed by atoms with E-state index in [4.69, 9.17) is 4.74 Å². The predicted octanol–water partition coefficient (Wildman–Crippen LogP) is 0.195. The third-order valence-electron chi connectivity index (χ3n) is 4.72. The third kappa shape index (κ3) is 1.68. The van der Waals surface area contributed by atoms with Crippen molar-refractivity contribution in [3.63, 3.8) is 0 Å². The Hall–Kier alpha value is -0.940. The lowest BCUT2D eigenvalue weighted by molar-refractivity contribution is -0.139. The fourth-order valence-corrected chi connectivity index (χ4v) is 3.73. The van der Waals surface area contributed by atoms with Gasteiger partial charge in [-0.3, -0.25) is 14.9 Å². The fourth-order valence-electron chi connectivity index (χ4n) is 3.73. The maximum Gasteiger partial charge on any atom is 0.243 e. The van der Waals surface area contributed by atoms with Gasteiger partial charge in [0.1, 0.15) is 0 Å². The zero-order chi connectivity index (χ0) is 12.9. The Bertz CT molecular complexity index is 394. The summed E-state index contributed by atoms with van der Waals surface area (Å²) in [6.07, 6.45) is 2.43. The van der Waals surface area contributed by atoms with Crippen LogP contribution in [0.3, 0.4) is 0 Å². The molecule has 4 unspecified atom stereocenters. The lowest BCUT2D eigenvalue weighted by Gasteiger charge is -2.55. The molecule has 2 amide bonds. The zero-order valence-electron chi connectivity index (χ0n) is 10.9. The Morgan fingerprint density at radius 3 is 2.83 bits per heavy atom. The molecule has 0 aromatic rings. The second-order valence-electron chi connectivity index (χ2n) is 6.21. The summed E-state index contributed by atoms with van der Waals surface area (Å²) in [4.78, 5) is 22.9. The first-order chi connectivity index (χ1) is 8.50. The Morgan fingerprint density at radius 2 is 2.11 bits per heavy atom. The lowest BCUT2D eigenvalue weighted by atomic mass is 9.57. The summed E-state index contributed by atoms with van der Waals surface area (Å²) in [7, 11) is 0. The van der Waals surface area contributed by atoms with Gasteiger partial charge in [0, 0.05) is 30.4 Å². The number of nitrogens with one attached hydrogen (secondary N) is 2. The smallest absolute Gasteiger partial charge is 0.243 e. The maximum absolute atomic E-state index is 11.8. The van der Waals surface area contributed by atoms with E-state index >= 15 is 0 Å². The number of imide groups is 1. The van der Waals surface area contributed by atoms with E-state index in [0.717, 1.165) is 13.0 Å². The van der Waals surface area contributed by atoms with Gasteiger partial charge in [-0.15, -0.1) is 0 Å². The first kappa shape index (κ1) is 12.1. The third-order valence-corrected chi connectivity index (χ3v) is 4.72. The van der Waals surface area contributed by atoms with Crippen molar-refractivity contribution < 1.29 is 14.3 Å². The molecule has 100 valence electrons. The number of carbonyl (C=O) groups is 2. The average molecular weight is 252 g/mol. The monoisotopic (exact) mass is 252 g/mol. The number of rotatable bonds is 2. The van der Waals surface area contributed by atoms with Crippen molar-refractivity contribution in [2.24, 2.45) is 11.3 Å². The summed E-state index contributed by atoms with van der Waals surface area (Å²) in [6, 6.07) is 0.0856. The second kappa shape index (κ2) is 4.03.